The minimum Gasteiger partial charge on any atom is -0.355 e. The van der Waals surface area contributed by atoms with Crippen LogP contribution >= 0.6 is 11.3 Å². The van der Waals surface area contributed by atoms with E-state index >= 15 is 0 Å². The lowest BCUT2D eigenvalue weighted by Gasteiger charge is -2.07. The molecule has 0 aliphatic heterocycles. The van der Waals surface area contributed by atoms with Gasteiger partial charge in [-0.25, -0.2) is 0 Å². The number of thiophene rings is 1. The van der Waals surface area contributed by atoms with Crippen molar-refractivity contribution in [2.75, 3.05) is 12.4 Å². The van der Waals surface area contributed by atoms with Crippen LogP contribution in [0.25, 0.3) is 0 Å². The molecular formula is C19H22N2O2S. The van der Waals surface area contributed by atoms with Crippen molar-refractivity contribution in [3.8, 4) is 0 Å². The van der Waals surface area contributed by atoms with E-state index in [4.69, 9.17) is 0 Å². The maximum Gasteiger partial charge on any atom is 0.265 e. The molecule has 4 nitrogen and oxygen atoms in total. The Labute approximate surface area is 146 Å². The van der Waals surface area contributed by atoms with Crippen LogP contribution < -0.4 is 10.6 Å². The first-order valence-corrected chi connectivity index (χ1v) is 9.24. The third-order valence-corrected chi connectivity index (χ3v) is 5.57. The molecule has 126 valence electrons. The first kappa shape index (κ1) is 16.7. The standard InChI is InChI=1S/C19H22N2O2S/c1-20-18(22)14-8-6-9-15(11-14)21-19(23)17-12-13-7-4-2-3-5-10-16(13)24-17/h6,8-9,11-12H,2-5,7,10H2,1H3,(H,20,22)(H,21,23). The minimum absolute atomic E-state index is 0.0965. The number of carbonyl (C=O) groups excluding carboxylic acids is 2. The van der Waals surface area contributed by atoms with Crippen molar-refractivity contribution < 1.29 is 9.59 Å². The van der Waals surface area contributed by atoms with Crippen LogP contribution in [0.5, 0.6) is 0 Å². The Morgan fingerprint density at radius 1 is 1.00 bits per heavy atom. The van der Waals surface area contributed by atoms with E-state index in [1.807, 2.05) is 6.07 Å². The summed E-state index contributed by atoms with van der Waals surface area (Å²) in [6.45, 7) is 0. The summed E-state index contributed by atoms with van der Waals surface area (Å²) in [5.74, 6) is -0.258. The smallest absolute Gasteiger partial charge is 0.265 e. The second-order valence-electron chi connectivity index (χ2n) is 6.09. The summed E-state index contributed by atoms with van der Waals surface area (Å²) in [5.41, 5.74) is 2.51. The number of hydrogen-bond donors (Lipinski definition) is 2. The molecular weight excluding hydrogens is 320 g/mol. The number of hydrogen-bond acceptors (Lipinski definition) is 3. The molecule has 2 amide bonds. The van der Waals surface area contributed by atoms with Crippen LogP contribution in [0.3, 0.4) is 0 Å². The third kappa shape index (κ3) is 3.85. The summed E-state index contributed by atoms with van der Waals surface area (Å²) >= 11 is 1.61. The lowest BCUT2D eigenvalue weighted by Crippen LogP contribution is -2.18. The highest BCUT2D eigenvalue weighted by atomic mass is 32.1. The number of anilines is 1. The van der Waals surface area contributed by atoms with Gasteiger partial charge in [-0.2, -0.15) is 0 Å². The topological polar surface area (TPSA) is 58.2 Å². The summed E-state index contributed by atoms with van der Waals surface area (Å²) in [6, 6.07) is 9.04. The van der Waals surface area contributed by atoms with E-state index in [1.165, 1.54) is 36.1 Å². The third-order valence-electron chi connectivity index (χ3n) is 4.33. The summed E-state index contributed by atoms with van der Waals surface area (Å²) < 4.78 is 0. The second-order valence-corrected chi connectivity index (χ2v) is 7.22. The Balaban J connectivity index is 1.75. The molecule has 3 rings (SSSR count). The van der Waals surface area contributed by atoms with Gasteiger partial charge in [0.05, 0.1) is 4.88 Å². The molecule has 2 aromatic rings. The average Bonchev–Trinajstić information content (AvgIpc) is 2.96. The molecule has 0 unspecified atom stereocenters. The van der Waals surface area contributed by atoms with Gasteiger partial charge in [-0.15, -0.1) is 11.3 Å². The average molecular weight is 342 g/mol. The molecule has 0 saturated heterocycles. The molecule has 1 aliphatic carbocycles. The van der Waals surface area contributed by atoms with Gasteiger partial charge in [0.15, 0.2) is 0 Å². The molecule has 24 heavy (non-hydrogen) atoms. The predicted molar refractivity (Wildman–Crippen MR) is 98.0 cm³/mol. The van der Waals surface area contributed by atoms with Crippen LogP contribution in [0.1, 0.15) is 56.2 Å². The van der Waals surface area contributed by atoms with Crippen LogP contribution in [0.4, 0.5) is 5.69 Å². The SMILES string of the molecule is CNC(=O)c1cccc(NC(=O)c2cc3c(s2)CCCCCC3)c1. The van der Waals surface area contributed by atoms with Crippen molar-refractivity contribution in [2.45, 2.75) is 38.5 Å². The van der Waals surface area contributed by atoms with Gasteiger partial charge < -0.3 is 10.6 Å². The number of fused-ring (bicyclic) bond motifs is 1. The molecule has 0 spiro atoms. The Bertz CT molecular complexity index is 726. The summed E-state index contributed by atoms with van der Waals surface area (Å²) in [6.07, 6.45) is 7.14. The molecule has 0 bridgehead atoms. The monoisotopic (exact) mass is 342 g/mol. The molecule has 1 aromatic carbocycles. The van der Waals surface area contributed by atoms with Crippen LogP contribution in [0, 0.1) is 0 Å². The molecule has 0 atom stereocenters. The van der Waals surface area contributed by atoms with Gasteiger partial charge >= 0.3 is 0 Å². The van der Waals surface area contributed by atoms with Crippen LogP contribution in [-0.2, 0) is 12.8 Å². The minimum atomic E-state index is -0.162. The normalized spacial score (nSPS) is 14.2. The number of aryl methyl sites for hydroxylation is 2. The number of amides is 2. The van der Waals surface area contributed by atoms with Gasteiger partial charge in [-0.1, -0.05) is 18.9 Å². The van der Waals surface area contributed by atoms with Crippen molar-refractivity contribution in [2.24, 2.45) is 0 Å². The molecule has 5 heteroatoms. The number of carbonyl (C=O) groups is 2. The highest BCUT2D eigenvalue weighted by Gasteiger charge is 2.16. The second kappa shape index (κ2) is 7.62. The van der Waals surface area contributed by atoms with E-state index in [-0.39, 0.29) is 11.8 Å². The first-order chi connectivity index (χ1) is 11.7. The predicted octanol–water partition coefficient (Wildman–Crippen LogP) is 4.02. The highest BCUT2D eigenvalue weighted by Crippen LogP contribution is 2.29. The Hall–Kier alpha value is -2.14. The van der Waals surface area contributed by atoms with E-state index in [0.29, 0.717) is 11.3 Å². The van der Waals surface area contributed by atoms with Gasteiger partial charge in [0.1, 0.15) is 0 Å². The maximum atomic E-state index is 12.6. The number of benzene rings is 1. The molecule has 2 N–H and O–H groups in total. The Morgan fingerprint density at radius 2 is 1.79 bits per heavy atom. The van der Waals surface area contributed by atoms with Gasteiger partial charge in [-0.05, 0) is 55.5 Å². The fourth-order valence-electron chi connectivity index (χ4n) is 3.03. The van der Waals surface area contributed by atoms with Crippen molar-refractivity contribution in [1.29, 1.82) is 0 Å². The molecule has 0 radical (unpaired) electrons. The molecule has 0 fully saturated rings. The first-order valence-electron chi connectivity index (χ1n) is 8.42. The quantitative estimate of drug-likeness (QED) is 0.885. The summed E-state index contributed by atoms with van der Waals surface area (Å²) in [7, 11) is 1.59. The largest absolute Gasteiger partial charge is 0.355 e. The van der Waals surface area contributed by atoms with E-state index in [0.717, 1.165) is 17.7 Å². The molecule has 1 aromatic heterocycles. The number of rotatable bonds is 3. The molecule has 1 heterocycles. The zero-order valence-corrected chi connectivity index (χ0v) is 14.7. The van der Waals surface area contributed by atoms with E-state index in [9.17, 15) is 9.59 Å². The van der Waals surface area contributed by atoms with Crippen LogP contribution in [0.2, 0.25) is 0 Å². The van der Waals surface area contributed by atoms with Gasteiger partial charge in [0, 0.05) is 23.2 Å². The van der Waals surface area contributed by atoms with Gasteiger partial charge in [-0.3, -0.25) is 9.59 Å². The maximum absolute atomic E-state index is 12.6. The Morgan fingerprint density at radius 3 is 2.58 bits per heavy atom. The van der Waals surface area contributed by atoms with Gasteiger partial charge in [0.2, 0.25) is 0 Å². The zero-order chi connectivity index (χ0) is 16.9. The van der Waals surface area contributed by atoms with Crippen molar-refractivity contribution in [3.05, 3.63) is 51.2 Å². The Kier molecular flexibility index (Phi) is 5.30. The molecule has 1 aliphatic rings. The van der Waals surface area contributed by atoms with Crippen LogP contribution in [0.15, 0.2) is 30.3 Å². The fraction of sp³-hybridized carbons (Fsp3) is 0.368. The van der Waals surface area contributed by atoms with E-state index < -0.39 is 0 Å². The molecule has 0 saturated carbocycles. The number of nitrogens with one attached hydrogen (secondary N) is 2. The zero-order valence-electron chi connectivity index (χ0n) is 13.9. The lowest BCUT2D eigenvalue weighted by atomic mass is 10.00. The van der Waals surface area contributed by atoms with E-state index in [2.05, 4.69) is 10.6 Å². The highest BCUT2D eigenvalue weighted by molar-refractivity contribution is 7.14. The lowest BCUT2D eigenvalue weighted by molar-refractivity contribution is 0.0961. The summed E-state index contributed by atoms with van der Waals surface area (Å²) in [4.78, 5) is 26.4. The van der Waals surface area contributed by atoms with Crippen molar-refractivity contribution in [1.82, 2.24) is 5.32 Å². The van der Waals surface area contributed by atoms with Crippen LogP contribution in [-0.4, -0.2) is 18.9 Å². The van der Waals surface area contributed by atoms with Crippen molar-refractivity contribution >= 4 is 28.8 Å². The van der Waals surface area contributed by atoms with Gasteiger partial charge in [0.25, 0.3) is 11.8 Å². The van der Waals surface area contributed by atoms with Crippen molar-refractivity contribution in [3.63, 3.8) is 0 Å². The fourth-order valence-corrected chi connectivity index (χ4v) is 4.18. The summed E-state index contributed by atoms with van der Waals surface area (Å²) in [5, 5.41) is 5.50. The van der Waals surface area contributed by atoms with E-state index in [1.54, 1.807) is 42.6 Å².